The van der Waals surface area contributed by atoms with Crippen LogP contribution in [0.4, 0.5) is 4.39 Å². The molecule has 0 saturated carbocycles. The molecular formula is C11H18FNO2. The summed E-state index contributed by atoms with van der Waals surface area (Å²) in [6.45, 7) is 2.26. The first-order valence-corrected chi connectivity index (χ1v) is 5.29. The lowest BCUT2D eigenvalue weighted by Gasteiger charge is -2.30. The van der Waals surface area contributed by atoms with Gasteiger partial charge >= 0.3 is 0 Å². The number of halogens is 1. The molecule has 0 aromatic heterocycles. The van der Waals surface area contributed by atoms with E-state index >= 15 is 0 Å². The van der Waals surface area contributed by atoms with Crippen LogP contribution < -0.4 is 0 Å². The summed E-state index contributed by atoms with van der Waals surface area (Å²) in [6, 6.07) is 0. The van der Waals surface area contributed by atoms with E-state index in [2.05, 4.69) is 4.90 Å². The highest BCUT2D eigenvalue weighted by molar-refractivity contribution is 5.20. The van der Waals surface area contributed by atoms with Gasteiger partial charge in [-0.05, 0) is 18.4 Å². The molecule has 0 amide bonds. The second-order valence-electron chi connectivity index (χ2n) is 4.54. The Morgan fingerprint density at radius 1 is 1.60 bits per heavy atom. The Bertz CT molecular complexity index is 269. The SMILES string of the molecule is COC[C@]12C/C(=C\F)CN1C[C@@H](OC)C2. The van der Waals surface area contributed by atoms with Gasteiger partial charge in [-0.15, -0.1) is 0 Å². The zero-order chi connectivity index (χ0) is 10.9. The Hall–Kier alpha value is -0.450. The second kappa shape index (κ2) is 4.20. The van der Waals surface area contributed by atoms with Crippen molar-refractivity contribution in [3.05, 3.63) is 11.9 Å². The van der Waals surface area contributed by atoms with Gasteiger partial charge in [0.1, 0.15) is 0 Å². The van der Waals surface area contributed by atoms with Crippen LogP contribution in [0.1, 0.15) is 12.8 Å². The average molecular weight is 215 g/mol. The van der Waals surface area contributed by atoms with Crippen molar-refractivity contribution in [2.24, 2.45) is 0 Å². The fourth-order valence-corrected chi connectivity index (χ4v) is 2.90. The van der Waals surface area contributed by atoms with Gasteiger partial charge < -0.3 is 9.47 Å². The fourth-order valence-electron chi connectivity index (χ4n) is 2.90. The molecule has 0 aliphatic carbocycles. The summed E-state index contributed by atoms with van der Waals surface area (Å²) in [7, 11) is 3.43. The minimum atomic E-state index is -0.0205. The molecular weight excluding hydrogens is 197 g/mol. The maximum Gasteiger partial charge on any atom is 0.0872 e. The highest BCUT2D eigenvalue weighted by Gasteiger charge is 2.50. The lowest BCUT2D eigenvalue weighted by atomic mass is 9.93. The Morgan fingerprint density at radius 3 is 3.00 bits per heavy atom. The van der Waals surface area contributed by atoms with Crippen molar-refractivity contribution in [1.29, 1.82) is 0 Å². The van der Waals surface area contributed by atoms with Crippen LogP contribution in [0.3, 0.4) is 0 Å². The van der Waals surface area contributed by atoms with E-state index in [1.807, 2.05) is 0 Å². The molecule has 0 radical (unpaired) electrons. The van der Waals surface area contributed by atoms with Crippen LogP contribution in [0.25, 0.3) is 0 Å². The molecule has 2 aliphatic rings. The molecule has 4 heteroatoms. The van der Waals surface area contributed by atoms with Gasteiger partial charge in [-0.3, -0.25) is 4.90 Å². The predicted molar refractivity (Wildman–Crippen MR) is 55.4 cm³/mol. The van der Waals surface area contributed by atoms with Gasteiger partial charge in [-0.25, -0.2) is 4.39 Å². The van der Waals surface area contributed by atoms with Crippen molar-refractivity contribution in [2.45, 2.75) is 24.5 Å². The highest BCUT2D eigenvalue weighted by Crippen LogP contribution is 2.42. The molecule has 2 heterocycles. The minimum Gasteiger partial charge on any atom is -0.383 e. The van der Waals surface area contributed by atoms with Gasteiger partial charge in [0.25, 0.3) is 0 Å². The predicted octanol–water partition coefficient (Wildman–Crippen LogP) is 1.35. The lowest BCUT2D eigenvalue weighted by Crippen LogP contribution is -2.42. The van der Waals surface area contributed by atoms with Crippen molar-refractivity contribution in [2.75, 3.05) is 33.9 Å². The van der Waals surface area contributed by atoms with Gasteiger partial charge in [-0.2, -0.15) is 0 Å². The van der Waals surface area contributed by atoms with E-state index in [-0.39, 0.29) is 11.6 Å². The van der Waals surface area contributed by atoms with Crippen LogP contribution in [-0.2, 0) is 9.47 Å². The third-order valence-corrected chi connectivity index (χ3v) is 3.55. The first-order valence-electron chi connectivity index (χ1n) is 5.29. The van der Waals surface area contributed by atoms with Crippen molar-refractivity contribution in [1.82, 2.24) is 4.90 Å². The van der Waals surface area contributed by atoms with E-state index in [0.29, 0.717) is 6.61 Å². The number of ether oxygens (including phenoxy) is 2. The molecule has 86 valence electrons. The number of nitrogens with zero attached hydrogens (tertiary/aromatic N) is 1. The molecule has 0 aromatic carbocycles. The first kappa shape index (κ1) is 11.0. The van der Waals surface area contributed by atoms with Crippen molar-refractivity contribution < 1.29 is 13.9 Å². The smallest absolute Gasteiger partial charge is 0.0872 e. The number of rotatable bonds is 3. The summed E-state index contributed by atoms with van der Waals surface area (Å²) in [5.41, 5.74) is 0.856. The highest BCUT2D eigenvalue weighted by atomic mass is 19.1. The third kappa shape index (κ3) is 1.82. The zero-order valence-electron chi connectivity index (χ0n) is 9.33. The average Bonchev–Trinajstić information content (AvgIpc) is 2.70. The molecule has 0 unspecified atom stereocenters. The summed E-state index contributed by atoms with van der Waals surface area (Å²) < 4.78 is 23.2. The molecule has 0 N–H and O–H groups in total. The van der Waals surface area contributed by atoms with E-state index in [0.717, 1.165) is 37.8 Å². The fraction of sp³-hybridized carbons (Fsp3) is 0.818. The van der Waals surface area contributed by atoms with E-state index in [9.17, 15) is 4.39 Å². The molecule has 15 heavy (non-hydrogen) atoms. The molecule has 0 spiro atoms. The van der Waals surface area contributed by atoms with Gasteiger partial charge in [0.15, 0.2) is 0 Å². The van der Waals surface area contributed by atoms with E-state index in [1.54, 1.807) is 14.2 Å². The number of fused-ring (bicyclic) bond motifs is 1. The van der Waals surface area contributed by atoms with Gasteiger partial charge in [0, 0.05) is 27.3 Å². The summed E-state index contributed by atoms with van der Waals surface area (Å²) in [5.74, 6) is 0. The van der Waals surface area contributed by atoms with E-state index in [4.69, 9.17) is 9.47 Å². The normalized spacial score (nSPS) is 38.9. The molecule has 3 nitrogen and oxygen atoms in total. The minimum absolute atomic E-state index is 0.0205. The Kier molecular flexibility index (Phi) is 3.09. The Balaban J connectivity index is 2.14. The Morgan fingerprint density at radius 2 is 2.40 bits per heavy atom. The zero-order valence-corrected chi connectivity index (χ0v) is 9.33. The van der Waals surface area contributed by atoms with E-state index < -0.39 is 0 Å². The summed E-state index contributed by atoms with van der Waals surface area (Å²) in [6.07, 6.45) is 2.73. The van der Waals surface area contributed by atoms with Gasteiger partial charge in [-0.1, -0.05) is 0 Å². The molecule has 2 atom stereocenters. The Labute approximate surface area is 89.8 Å². The van der Waals surface area contributed by atoms with Crippen LogP contribution in [0.5, 0.6) is 0 Å². The van der Waals surface area contributed by atoms with E-state index in [1.165, 1.54) is 0 Å². The van der Waals surface area contributed by atoms with Crippen LogP contribution in [-0.4, -0.2) is 50.5 Å². The maximum absolute atomic E-state index is 12.5. The molecule has 2 rings (SSSR count). The summed E-state index contributed by atoms with van der Waals surface area (Å²) in [4.78, 5) is 2.29. The van der Waals surface area contributed by atoms with Crippen LogP contribution in [0, 0.1) is 0 Å². The number of methoxy groups -OCH3 is 2. The lowest BCUT2D eigenvalue weighted by molar-refractivity contribution is 0.0635. The molecule has 2 fully saturated rings. The second-order valence-corrected chi connectivity index (χ2v) is 4.54. The molecule has 0 bridgehead atoms. The van der Waals surface area contributed by atoms with Gasteiger partial charge in [0.05, 0.1) is 24.6 Å². The molecule has 2 aliphatic heterocycles. The maximum atomic E-state index is 12.5. The largest absolute Gasteiger partial charge is 0.383 e. The van der Waals surface area contributed by atoms with Crippen molar-refractivity contribution in [3.8, 4) is 0 Å². The number of hydrogen-bond donors (Lipinski definition) is 0. The first-order chi connectivity index (χ1) is 7.24. The van der Waals surface area contributed by atoms with Crippen molar-refractivity contribution >= 4 is 0 Å². The quantitative estimate of drug-likeness (QED) is 0.709. The monoisotopic (exact) mass is 215 g/mol. The van der Waals surface area contributed by atoms with Gasteiger partial charge in [0.2, 0.25) is 0 Å². The topological polar surface area (TPSA) is 21.7 Å². The standard InChI is InChI=1S/C11H18FNO2/c1-14-8-11-3-9(5-12)6-13(11)7-10(4-11)15-2/h5,10H,3-4,6-8H2,1-2H3/b9-5+/t10-,11+/m0/s1. The van der Waals surface area contributed by atoms with Crippen LogP contribution >= 0.6 is 0 Å². The number of hydrogen-bond acceptors (Lipinski definition) is 3. The summed E-state index contributed by atoms with van der Waals surface area (Å²) >= 11 is 0. The molecule has 0 aromatic rings. The van der Waals surface area contributed by atoms with Crippen LogP contribution in [0.15, 0.2) is 11.9 Å². The molecule has 2 saturated heterocycles. The van der Waals surface area contributed by atoms with Crippen molar-refractivity contribution in [3.63, 3.8) is 0 Å². The van der Waals surface area contributed by atoms with Crippen LogP contribution in [0.2, 0.25) is 0 Å². The summed E-state index contributed by atoms with van der Waals surface area (Å²) in [5, 5.41) is 0. The third-order valence-electron chi connectivity index (χ3n) is 3.55.